The lowest BCUT2D eigenvalue weighted by Crippen LogP contribution is -2.47. The molecule has 128 valence electrons. The van der Waals surface area contributed by atoms with Gasteiger partial charge in [-0.2, -0.15) is 0 Å². The zero-order chi connectivity index (χ0) is 15.4. The smallest absolute Gasteiger partial charge is 0.225 e. The number of nitrogens with two attached hydrogens (primary N) is 1. The molecule has 3 rings (SSSR count). The minimum atomic E-state index is 0. The number of hydrogen-bond acceptors (Lipinski definition) is 5. The Balaban J connectivity index is 0.00000192. The van der Waals surface area contributed by atoms with Crippen molar-refractivity contribution in [2.24, 2.45) is 10.7 Å². The summed E-state index contributed by atoms with van der Waals surface area (Å²) in [5.41, 5.74) is 6.00. The minimum Gasteiger partial charge on any atom is -0.370 e. The van der Waals surface area contributed by atoms with Gasteiger partial charge in [0, 0.05) is 58.2 Å². The molecule has 1 saturated carbocycles. The van der Waals surface area contributed by atoms with Gasteiger partial charge in [0.15, 0.2) is 5.96 Å². The van der Waals surface area contributed by atoms with Crippen molar-refractivity contribution in [1.82, 2.24) is 19.8 Å². The van der Waals surface area contributed by atoms with E-state index in [4.69, 9.17) is 5.73 Å². The number of hydrogen-bond donors (Lipinski definition) is 1. The van der Waals surface area contributed by atoms with Crippen LogP contribution >= 0.6 is 24.0 Å². The third kappa shape index (κ3) is 5.17. The first-order valence-corrected chi connectivity index (χ1v) is 8.01. The average molecular weight is 431 g/mol. The first-order valence-electron chi connectivity index (χ1n) is 8.01. The fourth-order valence-corrected chi connectivity index (χ4v) is 2.69. The maximum Gasteiger partial charge on any atom is 0.225 e. The first kappa shape index (κ1) is 18.2. The summed E-state index contributed by atoms with van der Waals surface area (Å²) >= 11 is 0. The van der Waals surface area contributed by atoms with Gasteiger partial charge in [0.25, 0.3) is 0 Å². The van der Waals surface area contributed by atoms with Gasteiger partial charge < -0.3 is 15.5 Å². The number of aromatic nitrogens is 2. The Morgan fingerprint density at radius 1 is 1.26 bits per heavy atom. The lowest BCUT2D eigenvalue weighted by atomic mass is 10.3. The van der Waals surface area contributed by atoms with E-state index in [9.17, 15) is 0 Å². The molecule has 1 aliphatic carbocycles. The molecule has 2 heterocycles. The Hall–Kier alpha value is -1.16. The topological polar surface area (TPSA) is 73.9 Å². The fraction of sp³-hybridized carbons (Fsp3) is 0.667. The number of anilines is 1. The van der Waals surface area contributed by atoms with Crippen molar-refractivity contribution in [1.29, 1.82) is 0 Å². The lowest BCUT2D eigenvalue weighted by Gasteiger charge is -2.34. The number of guanidine groups is 1. The van der Waals surface area contributed by atoms with E-state index >= 15 is 0 Å². The summed E-state index contributed by atoms with van der Waals surface area (Å²) in [6.45, 7) is 5.70. The van der Waals surface area contributed by atoms with E-state index in [1.54, 1.807) is 12.4 Å². The SMILES string of the molecule is CN(C(N)=NCCN1CCN(c2ncccn2)CC1)C1CC1.I. The second-order valence-electron chi connectivity index (χ2n) is 5.96. The molecule has 1 aromatic rings. The fourth-order valence-electron chi connectivity index (χ4n) is 2.69. The van der Waals surface area contributed by atoms with Crippen molar-refractivity contribution in [3.05, 3.63) is 18.5 Å². The summed E-state index contributed by atoms with van der Waals surface area (Å²) in [5, 5.41) is 0. The molecule has 0 bridgehead atoms. The van der Waals surface area contributed by atoms with E-state index in [0.717, 1.165) is 45.2 Å². The highest BCUT2D eigenvalue weighted by Gasteiger charge is 2.27. The van der Waals surface area contributed by atoms with Crippen LogP contribution in [0.5, 0.6) is 0 Å². The van der Waals surface area contributed by atoms with E-state index in [-0.39, 0.29) is 24.0 Å². The third-order valence-corrected chi connectivity index (χ3v) is 4.35. The lowest BCUT2D eigenvalue weighted by molar-refractivity contribution is 0.263. The second kappa shape index (κ2) is 8.62. The molecule has 1 saturated heterocycles. The maximum atomic E-state index is 6.00. The molecule has 8 heteroatoms. The molecule has 2 fully saturated rings. The quantitative estimate of drug-likeness (QED) is 0.419. The highest BCUT2D eigenvalue weighted by Crippen LogP contribution is 2.24. The maximum absolute atomic E-state index is 6.00. The monoisotopic (exact) mass is 431 g/mol. The van der Waals surface area contributed by atoms with Gasteiger partial charge >= 0.3 is 0 Å². The Morgan fingerprint density at radius 3 is 2.52 bits per heavy atom. The van der Waals surface area contributed by atoms with Crippen molar-refractivity contribution in [2.45, 2.75) is 18.9 Å². The second-order valence-corrected chi connectivity index (χ2v) is 5.96. The van der Waals surface area contributed by atoms with E-state index < -0.39 is 0 Å². The van der Waals surface area contributed by atoms with Crippen LogP contribution in [0, 0.1) is 0 Å². The highest BCUT2D eigenvalue weighted by atomic mass is 127. The normalized spacial score (nSPS) is 19.3. The molecule has 1 aliphatic heterocycles. The van der Waals surface area contributed by atoms with Gasteiger partial charge in [-0.05, 0) is 18.9 Å². The van der Waals surface area contributed by atoms with Crippen LogP contribution in [0.2, 0.25) is 0 Å². The van der Waals surface area contributed by atoms with Crippen LogP contribution in [0.25, 0.3) is 0 Å². The summed E-state index contributed by atoms with van der Waals surface area (Å²) in [4.78, 5) is 19.9. The predicted molar refractivity (Wildman–Crippen MR) is 103 cm³/mol. The number of halogens is 1. The molecule has 2 aliphatic rings. The van der Waals surface area contributed by atoms with Crippen LogP contribution in [0.1, 0.15) is 12.8 Å². The number of aliphatic imine (C=N–C) groups is 1. The zero-order valence-electron chi connectivity index (χ0n) is 13.6. The molecular formula is C15H26IN7. The minimum absolute atomic E-state index is 0. The molecule has 0 amide bonds. The molecule has 23 heavy (non-hydrogen) atoms. The molecule has 0 spiro atoms. The van der Waals surface area contributed by atoms with Gasteiger partial charge in [0.05, 0.1) is 6.54 Å². The summed E-state index contributed by atoms with van der Waals surface area (Å²) in [6.07, 6.45) is 6.08. The number of nitrogens with zero attached hydrogens (tertiary/aromatic N) is 6. The Kier molecular flexibility index (Phi) is 6.82. The van der Waals surface area contributed by atoms with Crippen LogP contribution in [0.15, 0.2) is 23.5 Å². The van der Waals surface area contributed by atoms with Crippen molar-refractivity contribution in [3.63, 3.8) is 0 Å². The molecule has 0 aromatic carbocycles. The molecule has 2 N–H and O–H groups in total. The van der Waals surface area contributed by atoms with Gasteiger partial charge in [-0.1, -0.05) is 0 Å². The number of rotatable bonds is 5. The summed E-state index contributed by atoms with van der Waals surface area (Å²) in [6, 6.07) is 2.47. The van der Waals surface area contributed by atoms with Gasteiger partial charge in [-0.15, -0.1) is 24.0 Å². The molecule has 0 radical (unpaired) electrons. The van der Waals surface area contributed by atoms with Crippen LogP contribution in [0.4, 0.5) is 5.95 Å². The summed E-state index contributed by atoms with van der Waals surface area (Å²) < 4.78 is 0. The van der Waals surface area contributed by atoms with Crippen LogP contribution in [0.3, 0.4) is 0 Å². The van der Waals surface area contributed by atoms with Gasteiger partial charge in [-0.25, -0.2) is 9.97 Å². The Bertz CT molecular complexity index is 498. The van der Waals surface area contributed by atoms with Crippen LogP contribution in [-0.4, -0.2) is 78.1 Å². The Morgan fingerprint density at radius 2 is 1.91 bits per heavy atom. The molecule has 0 unspecified atom stereocenters. The van der Waals surface area contributed by atoms with Gasteiger partial charge in [0.2, 0.25) is 5.95 Å². The van der Waals surface area contributed by atoms with Crippen molar-refractivity contribution in [3.8, 4) is 0 Å². The largest absolute Gasteiger partial charge is 0.370 e. The van der Waals surface area contributed by atoms with Crippen LogP contribution in [-0.2, 0) is 0 Å². The molecule has 1 aromatic heterocycles. The van der Waals surface area contributed by atoms with E-state index in [2.05, 4.69) is 29.7 Å². The van der Waals surface area contributed by atoms with Crippen molar-refractivity contribution >= 4 is 35.9 Å². The molecule has 7 nitrogen and oxygen atoms in total. The standard InChI is InChI=1S/C15H25N7.HI/c1-20(13-3-4-13)14(16)17-7-8-21-9-11-22(12-10-21)15-18-5-2-6-19-15;/h2,5-6,13H,3-4,7-12H2,1H3,(H2,16,17);1H. The summed E-state index contributed by atoms with van der Waals surface area (Å²) in [5.74, 6) is 1.51. The van der Waals surface area contributed by atoms with Gasteiger partial charge in [-0.3, -0.25) is 9.89 Å². The van der Waals surface area contributed by atoms with Crippen molar-refractivity contribution < 1.29 is 0 Å². The summed E-state index contributed by atoms with van der Waals surface area (Å²) in [7, 11) is 2.04. The number of piperazine rings is 1. The van der Waals surface area contributed by atoms with E-state index in [1.807, 2.05) is 13.1 Å². The molecule has 0 atom stereocenters. The van der Waals surface area contributed by atoms with E-state index in [0.29, 0.717) is 12.0 Å². The molecular weight excluding hydrogens is 405 g/mol. The zero-order valence-corrected chi connectivity index (χ0v) is 16.0. The Labute approximate surface area is 155 Å². The highest BCUT2D eigenvalue weighted by molar-refractivity contribution is 14.0. The van der Waals surface area contributed by atoms with Gasteiger partial charge in [0.1, 0.15) is 0 Å². The predicted octanol–water partition coefficient (Wildman–Crippen LogP) is 0.625. The first-order chi connectivity index (χ1) is 10.7. The average Bonchev–Trinajstić information content (AvgIpc) is 3.40. The van der Waals surface area contributed by atoms with Crippen LogP contribution < -0.4 is 10.6 Å². The van der Waals surface area contributed by atoms with E-state index in [1.165, 1.54) is 12.8 Å². The van der Waals surface area contributed by atoms with Crippen molar-refractivity contribution in [2.75, 3.05) is 51.2 Å². The third-order valence-electron chi connectivity index (χ3n) is 4.35.